The van der Waals surface area contributed by atoms with Crippen LogP contribution in [0.3, 0.4) is 0 Å². The number of carbonyl (C=O) groups excluding carboxylic acids is 1. The number of amides is 1. The molecule has 0 saturated carbocycles. The number of hydrogen-bond donors (Lipinski definition) is 2. The molecule has 128 valence electrons. The molecule has 0 bridgehead atoms. The average molecular weight is 325 g/mol. The van der Waals surface area contributed by atoms with Crippen LogP contribution in [-0.2, 0) is 4.79 Å². The van der Waals surface area contributed by atoms with Crippen LogP contribution >= 0.6 is 0 Å². The van der Waals surface area contributed by atoms with Crippen molar-refractivity contribution in [2.24, 2.45) is 0 Å². The van der Waals surface area contributed by atoms with Crippen LogP contribution in [0.5, 0.6) is 0 Å². The highest BCUT2D eigenvalue weighted by Crippen LogP contribution is 2.18. The van der Waals surface area contributed by atoms with Crippen molar-refractivity contribution in [1.29, 1.82) is 0 Å². The standard InChI is InChI=1S/C21H28N2O/c1-4-19(5-2)23-20(24)15-22-21(17-9-7-6-8-10-17)18-13-11-16(3)12-14-18/h6-14,19,21-22H,4-5,15H2,1-3H3,(H,23,24)/p+1/t21-/m1/s1. The first-order valence-corrected chi connectivity index (χ1v) is 8.88. The van der Waals surface area contributed by atoms with Crippen LogP contribution in [-0.4, -0.2) is 18.5 Å². The second-order valence-corrected chi connectivity index (χ2v) is 6.32. The fraction of sp³-hybridized carbons (Fsp3) is 0.381. The SMILES string of the molecule is CCC(CC)NC(=O)C[NH2+][C@H](c1ccccc1)c1ccc(C)cc1. The first-order chi connectivity index (χ1) is 11.6. The van der Waals surface area contributed by atoms with Gasteiger partial charge < -0.3 is 10.6 Å². The molecule has 3 nitrogen and oxygen atoms in total. The molecule has 24 heavy (non-hydrogen) atoms. The summed E-state index contributed by atoms with van der Waals surface area (Å²) in [5.41, 5.74) is 3.69. The molecule has 2 aromatic rings. The smallest absolute Gasteiger partial charge is 0.275 e. The Bertz CT molecular complexity index is 618. The maximum Gasteiger partial charge on any atom is 0.275 e. The topological polar surface area (TPSA) is 45.7 Å². The molecule has 0 fully saturated rings. The average Bonchev–Trinajstić information content (AvgIpc) is 2.62. The van der Waals surface area contributed by atoms with E-state index in [4.69, 9.17) is 0 Å². The van der Waals surface area contributed by atoms with Gasteiger partial charge >= 0.3 is 0 Å². The van der Waals surface area contributed by atoms with Gasteiger partial charge in [-0.3, -0.25) is 4.79 Å². The van der Waals surface area contributed by atoms with Gasteiger partial charge in [0.2, 0.25) is 0 Å². The van der Waals surface area contributed by atoms with Crippen LogP contribution in [0.1, 0.15) is 49.4 Å². The van der Waals surface area contributed by atoms with E-state index < -0.39 is 0 Å². The molecule has 0 radical (unpaired) electrons. The highest BCUT2D eigenvalue weighted by atomic mass is 16.1. The van der Waals surface area contributed by atoms with Gasteiger partial charge in [0.25, 0.3) is 5.91 Å². The molecular weight excluding hydrogens is 296 g/mol. The quantitative estimate of drug-likeness (QED) is 0.770. The van der Waals surface area contributed by atoms with E-state index >= 15 is 0 Å². The van der Waals surface area contributed by atoms with Gasteiger partial charge in [0.1, 0.15) is 6.04 Å². The molecule has 2 aromatic carbocycles. The monoisotopic (exact) mass is 325 g/mol. The van der Waals surface area contributed by atoms with E-state index in [2.05, 4.69) is 79.9 Å². The van der Waals surface area contributed by atoms with Crippen LogP contribution in [0.25, 0.3) is 0 Å². The van der Waals surface area contributed by atoms with E-state index in [1.807, 2.05) is 6.07 Å². The minimum absolute atomic E-state index is 0.108. The third-order valence-corrected chi connectivity index (χ3v) is 4.48. The fourth-order valence-corrected chi connectivity index (χ4v) is 2.90. The Hall–Kier alpha value is -2.13. The Kier molecular flexibility index (Phi) is 7.01. The summed E-state index contributed by atoms with van der Waals surface area (Å²) in [5, 5.41) is 5.24. The molecule has 0 aliphatic rings. The minimum Gasteiger partial charge on any atom is -0.349 e. The molecule has 3 N–H and O–H groups in total. The van der Waals surface area contributed by atoms with E-state index in [9.17, 15) is 4.79 Å². The fourth-order valence-electron chi connectivity index (χ4n) is 2.90. The maximum absolute atomic E-state index is 12.3. The number of aryl methyl sites for hydroxylation is 1. The zero-order chi connectivity index (χ0) is 17.4. The second kappa shape index (κ2) is 9.24. The summed E-state index contributed by atoms with van der Waals surface area (Å²) in [6.07, 6.45) is 1.95. The summed E-state index contributed by atoms with van der Waals surface area (Å²) in [7, 11) is 0. The lowest BCUT2D eigenvalue weighted by Gasteiger charge is -2.18. The van der Waals surface area contributed by atoms with Crippen LogP contribution in [0.2, 0.25) is 0 Å². The summed E-state index contributed by atoms with van der Waals surface area (Å²) in [6, 6.07) is 19.4. The second-order valence-electron chi connectivity index (χ2n) is 6.32. The maximum atomic E-state index is 12.3. The van der Waals surface area contributed by atoms with Gasteiger partial charge in [-0.1, -0.05) is 74.0 Å². The molecule has 0 heterocycles. The number of carbonyl (C=O) groups is 1. The van der Waals surface area contributed by atoms with Crippen molar-refractivity contribution in [3.05, 3.63) is 71.3 Å². The molecule has 1 atom stereocenters. The molecule has 0 spiro atoms. The van der Waals surface area contributed by atoms with Crippen LogP contribution in [0.15, 0.2) is 54.6 Å². The third kappa shape index (κ3) is 5.20. The summed E-state index contributed by atoms with van der Waals surface area (Å²) >= 11 is 0. The Morgan fingerprint density at radius 2 is 1.54 bits per heavy atom. The van der Waals surface area contributed by atoms with Gasteiger partial charge in [0, 0.05) is 17.2 Å². The van der Waals surface area contributed by atoms with E-state index in [1.54, 1.807) is 0 Å². The van der Waals surface area contributed by atoms with Gasteiger partial charge in [0.05, 0.1) is 0 Å². The Labute approximate surface area is 145 Å². The molecule has 0 aliphatic heterocycles. The predicted molar refractivity (Wildman–Crippen MR) is 98.8 cm³/mol. The van der Waals surface area contributed by atoms with Crippen molar-refractivity contribution in [3.8, 4) is 0 Å². The van der Waals surface area contributed by atoms with E-state index in [0.717, 1.165) is 12.8 Å². The Balaban J connectivity index is 2.09. The number of hydrogen-bond acceptors (Lipinski definition) is 1. The highest BCUT2D eigenvalue weighted by molar-refractivity contribution is 5.77. The number of rotatable bonds is 8. The Morgan fingerprint density at radius 1 is 0.958 bits per heavy atom. The van der Waals surface area contributed by atoms with E-state index in [1.165, 1.54) is 16.7 Å². The lowest BCUT2D eigenvalue weighted by atomic mass is 9.98. The van der Waals surface area contributed by atoms with Gasteiger partial charge in [0.15, 0.2) is 6.54 Å². The number of benzene rings is 2. The van der Waals surface area contributed by atoms with Crippen LogP contribution < -0.4 is 10.6 Å². The lowest BCUT2D eigenvalue weighted by Crippen LogP contribution is -2.87. The van der Waals surface area contributed by atoms with Gasteiger partial charge in [-0.25, -0.2) is 0 Å². The van der Waals surface area contributed by atoms with Crippen molar-refractivity contribution in [2.45, 2.75) is 45.7 Å². The molecule has 2 rings (SSSR count). The van der Waals surface area contributed by atoms with E-state index in [-0.39, 0.29) is 18.0 Å². The zero-order valence-electron chi connectivity index (χ0n) is 15.0. The van der Waals surface area contributed by atoms with Crippen LogP contribution in [0.4, 0.5) is 0 Å². The first kappa shape index (κ1) is 18.2. The molecular formula is C21H29N2O+. The van der Waals surface area contributed by atoms with Crippen LogP contribution in [0, 0.1) is 6.92 Å². The molecule has 0 aliphatic carbocycles. The van der Waals surface area contributed by atoms with Gasteiger partial charge in [-0.15, -0.1) is 0 Å². The summed E-state index contributed by atoms with van der Waals surface area (Å²) in [5.74, 6) is 0.108. The highest BCUT2D eigenvalue weighted by Gasteiger charge is 2.19. The normalized spacial score (nSPS) is 12.2. The summed E-state index contributed by atoms with van der Waals surface area (Å²) in [4.78, 5) is 12.3. The van der Waals surface area contributed by atoms with Crippen molar-refractivity contribution in [2.75, 3.05) is 6.54 Å². The molecule has 3 heteroatoms. The first-order valence-electron chi connectivity index (χ1n) is 8.88. The predicted octanol–water partition coefficient (Wildman–Crippen LogP) is 2.95. The zero-order valence-corrected chi connectivity index (χ0v) is 15.0. The molecule has 0 saturated heterocycles. The summed E-state index contributed by atoms with van der Waals surface area (Å²) in [6.45, 7) is 6.74. The lowest BCUT2D eigenvalue weighted by molar-refractivity contribution is -0.676. The van der Waals surface area contributed by atoms with Gasteiger partial charge in [-0.05, 0) is 19.8 Å². The number of quaternary nitrogens is 1. The van der Waals surface area contributed by atoms with Gasteiger partial charge in [-0.2, -0.15) is 0 Å². The van der Waals surface area contributed by atoms with Crippen molar-refractivity contribution >= 4 is 5.91 Å². The molecule has 0 aromatic heterocycles. The number of nitrogens with one attached hydrogen (secondary N) is 1. The summed E-state index contributed by atoms with van der Waals surface area (Å²) < 4.78 is 0. The van der Waals surface area contributed by atoms with Crippen molar-refractivity contribution in [3.63, 3.8) is 0 Å². The van der Waals surface area contributed by atoms with E-state index in [0.29, 0.717) is 6.54 Å². The number of nitrogens with two attached hydrogens (primary N) is 1. The largest absolute Gasteiger partial charge is 0.349 e. The molecule has 1 amide bonds. The van der Waals surface area contributed by atoms with Crippen molar-refractivity contribution in [1.82, 2.24) is 5.32 Å². The van der Waals surface area contributed by atoms with Crippen molar-refractivity contribution < 1.29 is 10.1 Å². The third-order valence-electron chi connectivity index (χ3n) is 4.48. The molecule has 0 unspecified atom stereocenters. The Morgan fingerprint density at radius 3 is 2.12 bits per heavy atom. The minimum atomic E-state index is 0.108.